The Morgan fingerprint density at radius 3 is 2.34 bits per heavy atom. The molecule has 0 amide bonds. The number of fused-ring (bicyclic) bond motifs is 1. The van der Waals surface area contributed by atoms with Crippen molar-refractivity contribution in [3.8, 4) is 34.3 Å². The largest absolute Gasteiger partial charge is 0.508 e. The van der Waals surface area contributed by atoms with Crippen molar-refractivity contribution in [1.29, 1.82) is 0 Å². The number of rotatable bonds is 6. The van der Waals surface area contributed by atoms with Gasteiger partial charge in [-0.15, -0.1) is 0 Å². The first-order chi connectivity index (χ1) is 19.5. The SMILES string of the molecule is O=c1cc(-c2ccc(O)c(O[C@@H]3O[C@H](CO)[C@@H](O)[C@H](O)[C@H]3O[C@@H]3OC[C@@H](O)[C@H](O)[C@@H]3O)c2)oc2cc(O)cc(O)c12. The van der Waals surface area contributed by atoms with E-state index in [1.54, 1.807) is 0 Å². The van der Waals surface area contributed by atoms with Gasteiger partial charge in [0.2, 0.25) is 6.29 Å². The second-order valence-electron chi connectivity index (χ2n) is 9.67. The molecule has 0 saturated carbocycles. The van der Waals surface area contributed by atoms with Crippen molar-refractivity contribution in [3.63, 3.8) is 0 Å². The normalized spacial score (nSPS) is 32.2. The highest BCUT2D eigenvalue weighted by Crippen LogP contribution is 2.37. The quantitative estimate of drug-likeness (QED) is 0.156. The fourth-order valence-electron chi connectivity index (χ4n) is 4.63. The molecule has 0 spiro atoms. The van der Waals surface area contributed by atoms with Gasteiger partial charge in [-0.25, -0.2) is 0 Å². The highest BCUT2D eigenvalue weighted by molar-refractivity contribution is 5.86. The summed E-state index contributed by atoms with van der Waals surface area (Å²) in [7, 11) is 0. The Hall–Kier alpha value is -3.51. The molecule has 222 valence electrons. The van der Waals surface area contributed by atoms with E-state index in [2.05, 4.69) is 0 Å². The molecule has 0 bridgehead atoms. The summed E-state index contributed by atoms with van der Waals surface area (Å²) in [6.45, 7) is -1.17. The molecule has 2 aliphatic rings. The molecule has 3 aromatic rings. The average molecular weight is 580 g/mol. The van der Waals surface area contributed by atoms with Gasteiger partial charge in [0.25, 0.3) is 0 Å². The highest BCUT2D eigenvalue weighted by Gasteiger charge is 2.50. The van der Waals surface area contributed by atoms with Crippen molar-refractivity contribution in [2.75, 3.05) is 13.2 Å². The summed E-state index contributed by atoms with van der Waals surface area (Å²) in [6.07, 6.45) is -14.5. The Kier molecular flexibility index (Phi) is 8.06. The Labute approximate surface area is 230 Å². The zero-order valence-corrected chi connectivity index (χ0v) is 21.0. The molecule has 9 atom stereocenters. The Bertz CT molecular complexity index is 1460. The lowest BCUT2D eigenvalue weighted by molar-refractivity contribution is -0.345. The zero-order valence-electron chi connectivity index (χ0n) is 21.0. The number of aliphatic hydroxyl groups excluding tert-OH is 6. The molecule has 15 heteroatoms. The first kappa shape index (κ1) is 29.0. The molecule has 2 aliphatic heterocycles. The van der Waals surface area contributed by atoms with Crippen molar-refractivity contribution in [3.05, 3.63) is 46.6 Å². The lowest BCUT2D eigenvalue weighted by Crippen LogP contribution is -2.63. The number of aliphatic hydroxyl groups is 6. The lowest BCUT2D eigenvalue weighted by Gasteiger charge is -2.44. The van der Waals surface area contributed by atoms with E-state index in [4.69, 9.17) is 23.4 Å². The summed E-state index contributed by atoms with van der Waals surface area (Å²) >= 11 is 0. The first-order valence-corrected chi connectivity index (χ1v) is 12.4. The maximum Gasteiger partial charge on any atom is 0.229 e. The smallest absolute Gasteiger partial charge is 0.229 e. The molecule has 9 N–H and O–H groups in total. The second kappa shape index (κ2) is 11.4. The van der Waals surface area contributed by atoms with Gasteiger partial charge in [0.15, 0.2) is 29.3 Å². The van der Waals surface area contributed by atoms with E-state index in [1.807, 2.05) is 0 Å². The van der Waals surface area contributed by atoms with Gasteiger partial charge in [0.1, 0.15) is 64.9 Å². The molecule has 41 heavy (non-hydrogen) atoms. The van der Waals surface area contributed by atoms with E-state index in [-0.39, 0.29) is 33.8 Å². The van der Waals surface area contributed by atoms with Crippen molar-refractivity contribution in [2.45, 2.75) is 55.3 Å². The second-order valence-corrected chi connectivity index (χ2v) is 9.67. The van der Waals surface area contributed by atoms with Crippen LogP contribution in [0.15, 0.2) is 45.6 Å². The number of phenols is 3. The highest BCUT2D eigenvalue weighted by atomic mass is 16.8. The van der Waals surface area contributed by atoms with Gasteiger partial charge in [-0.2, -0.15) is 0 Å². The third-order valence-electron chi connectivity index (χ3n) is 6.85. The van der Waals surface area contributed by atoms with E-state index >= 15 is 0 Å². The molecular formula is C26H28O15. The van der Waals surface area contributed by atoms with Gasteiger partial charge in [0.05, 0.1) is 13.2 Å². The summed E-state index contributed by atoms with van der Waals surface area (Å²) in [5, 5.41) is 90.9. The maximum atomic E-state index is 12.7. The van der Waals surface area contributed by atoms with Gasteiger partial charge in [-0.1, -0.05) is 0 Å². The van der Waals surface area contributed by atoms with Crippen LogP contribution in [-0.2, 0) is 14.2 Å². The molecule has 2 aromatic carbocycles. The minimum Gasteiger partial charge on any atom is -0.508 e. The third kappa shape index (κ3) is 5.54. The predicted octanol–water partition coefficient (Wildman–Crippen LogP) is -1.78. The van der Waals surface area contributed by atoms with Crippen LogP contribution >= 0.6 is 0 Å². The summed E-state index contributed by atoms with van der Waals surface area (Å²) in [6, 6.07) is 6.99. The Morgan fingerprint density at radius 2 is 1.61 bits per heavy atom. The van der Waals surface area contributed by atoms with Gasteiger partial charge in [0, 0.05) is 23.8 Å². The summed E-state index contributed by atoms with van der Waals surface area (Å²) < 4.78 is 27.8. The number of hydrogen-bond donors (Lipinski definition) is 9. The molecule has 2 fully saturated rings. The molecule has 0 aliphatic carbocycles. The van der Waals surface area contributed by atoms with Crippen molar-refractivity contribution in [1.82, 2.24) is 0 Å². The summed E-state index contributed by atoms with van der Waals surface area (Å²) in [5.74, 6) is -1.60. The number of phenolic OH excluding ortho intramolecular Hbond substituents is 3. The van der Waals surface area contributed by atoms with Crippen LogP contribution in [0, 0.1) is 0 Å². The average Bonchev–Trinajstić information content (AvgIpc) is 2.93. The fourth-order valence-corrected chi connectivity index (χ4v) is 4.63. The van der Waals surface area contributed by atoms with Crippen LogP contribution in [-0.4, -0.2) is 114 Å². The maximum absolute atomic E-state index is 12.7. The molecular weight excluding hydrogens is 552 g/mol. The van der Waals surface area contributed by atoms with E-state index in [0.717, 1.165) is 18.2 Å². The fraction of sp³-hybridized carbons (Fsp3) is 0.423. The van der Waals surface area contributed by atoms with Gasteiger partial charge in [-0.3, -0.25) is 4.79 Å². The third-order valence-corrected chi connectivity index (χ3v) is 6.85. The molecule has 1 aromatic heterocycles. The number of ether oxygens (including phenoxy) is 4. The minimum absolute atomic E-state index is 0.0373. The van der Waals surface area contributed by atoms with E-state index in [0.29, 0.717) is 0 Å². The Balaban J connectivity index is 1.47. The first-order valence-electron chi connectivity index (χ1n) is 12.4. The van der Waals surface area contributed by atoms with Gasteiger partial charge in [-0.05, 0) is 18.2 Å². The Morgan fingerprint density at radius 1 is 0.854 bits per heavy atom. The molecule has 0 unspecified atom stereocenters. The van der Waals surface area contributed by atoms with Crippen LogP contribution in [0.1, 0.15) is 0 Å². The lowest BCUT2D eigenvalue weighted by atomic mass is 9.98. The minimum atomic E-state index is -1.78. The van der Waals surface area contributed by atoms with Crippen molar-refractivity contribution >= 4 is 11.0 Å². The number of benzene rings is 2. The van der Waals surface area contributed by atoms with Crippen LogP contribution in [0.5, 0.6) is 23.0 Å². The summed E-state index contributed by atoms with van der Waals surface area (Å²) in [5.41, 5.74) is -0.555. The van der Waals surface area contributed by atoms with E-state index < -0.39 is 85.4 Å². The van der Waals surface area contributed by atoms with Gasteiger partial charge >= 0.3 is 0 Å². The molecule has 15 nitrogen and oxygen atoms in total. The predicted molar refractivity (Wildman–Crippen MR) is 134 cm³/mol. The summed E-state index contributed by atoms with van der Waals surface area (Å²) in [4.78, 5) is 12.7. The van der Waals surface area contributed by atoms with Crippen LogP contribution in [0.25, 0.3) is 22.3 Å². The molecule has 0 radical (unpaired) electrons. The molecule has 5 rings (SSSR count). The van der Waals surface area contributed by atoms with Crippen molar-refractivity contribution < 1.29 is 69.3 Å². The molecule has 3 heterocycles. The number of aromatic hydroxyl groups is 3. The topological polar surface area (TPSA) is 249 Å². The number of hydrogen-bond acceptors (Lipinski definition) is 15. The van der Waals surface area contributed by atoms with E-state index in [9.17, 15) is 50.8 Å². The van der Waals surface area contributed by atoms with Crippen LogP contribution in [0.4, 0.5) is 0 Å². The standard InChI is InChI=1S/C26H28O15/c27-7-18-21(34)22(35)24(41-25-23(36)20(33)14(32)8-37-25)26(40-18)39-16-3-9(1-2-11(16)29)15-6-13(31)19-12(30)4-10(28)5-17(19)38-15/h1-6,14,18,20-30,32-36H,7-8H2/t14-,18-,20+,21-,22+,23+,24-,25+,26-/m1/s1. The van der Waals surface area contributed by atoms with E-state index in [1.165, 1.54) is 18.2 Å². The van der Waals surface area contributed by atoms with Crippen molar-refractivity contribution in [2.24, 2.45) is 0 Å². The van der Waals surface area contributed by atoms with Crippen LogP contribution in [0.2, 0.25) is 0 Å². The molecule has 2 saturated heterocycles. The zero-order chi connectivity index (χ0) is 29.6. The van der Waals surface area contributed by atoms with Gasteiger partial charge < -0.3 is 69.3 Å². The monoisotopic (exact) mass is 580 g/mol. The van der Waals surface area contributed by atoms with Crippen LogP contribution in [0.3, 0.4) is 0 Å². The van der Waals surface area contributed by atoms with Crippen LogP contribution < -0.4 is 10.2 Å².